The first-order valence-electron chi connectivity index (χ1n) is 6.80. The Morgan fingerprint density at radius 1 is 1.39 bits per heavy atom. The molecule has 0 aliphatic heterocycles. The van der Waals surface area contributed by atoms with Crippen molar-refractivity contribution in [2.75, 3.05) is 5.32 Å². The molecule has 18 heavy (non-hydrogen) atoms. The number of hydrogen-bond donors (Lipinski definition) is 1. The largest absolute Gasteiger partial charge is 0.361 e. The van der Waals surface area contributed by atoms with E-state index in [2.05, 4.69) is 24.4 Å². The monoisotopic (exact) mass is 243 g/mol. The van der Waals surface area contributed by atoms with Crippen LogP contribution in [0.15, 0.2) is 36.0 Å². The van der Waals surface area contributed by atoms with Crippen LogP contribution in [-0.2, 0) is 11.2 Å². The number of carbonyl (C=O) groups excluding carboxylic acids is 1. The van der Waals surface area contributed by atoms with Gasteiger partial charge in [-0.15, -0.1) is 0 Å². The van der Waals surface area contributed by atoms with E-state index in [4.69, 9.17) is 0 Å². The zero-order valence-corrected chi connectivity index (χ0v) is 11.2. The minimum absolute atomic E-state index is 0.188. The maximum atomic E-state index is 12.0. The Kier molecular flexibility index (Phi) is 4.19. The molecule has 0 saturated heterocycles. The minimum atomic E-state index is 0.188. The molecule has 1 aromatic rings. The number of Topliss-reactive ketones (excluding diaryl/α,β-unsaturated/α-hetero) is 1. The highest BCUT2D eigenvalue weighted by Gasteiger charge is 2.22. The number of anilines is 1. The van der Waals surface area contributed by atoms with Gasteiger partial charge in [0.25, 0.3) is 0 Å². The lowest BCUT2D eigenvalue weighted by Crippen LogP contribution is -2.19. The van der Waals surface area contributed by atoms with Crippen molar-refractivity contribution in [3.05, 3.63) is 41.6 Å². The second kappa shape index (κ2) is 5.85. The fourth-order valence-corrected chi connectivity index (χ4v) is 2.45. The predicted molar refractivity (Wildman–Crippen MR) is 75.5 cm³/mol. The van der Waals surface area contributed by atoms with E-state index in [0.717, 1.165) is 36.9 Å². The van der Waals surface area contributed by atoms with Crippen molar-refractivity contribution in [3.63, 3.8) is 0 Å². The van der Waals surface area contributed by atoms with Crippen LogP contribution in [0, 0.1) is 5.92 Å². The van der Waals surface area contributed by atoms with Crippen LogP contribution in [-0.4, -0.2) is 5.78 Å². The number of aryl methyl sites for hydroxylation is 1. The van der Waals surface area contributed by atoms with E-state index < -0.39 is 0 Å². The standard InChI is InChI=1S/C16H21NO/c1-3-13-8-4-5-10-15(13)17-11-14-9-6-7-12(2)16(14)18/h4-5,8,10-12,17H,3,6-7,9H2,1-2H3/b14-11-/t12-/m1/s1. The first-order chi connectivity index (χ1) is 8.72. The summed E-state index contributed by atoms with van der Waals surface area (Å²) in [6, 6.07) is 8.25. The first-order valence-corrected chi connectivity index (χ1v) is 6.80. The smallest absolute Gasteiger partial charge is 0.163 e. The van der Waals surface area contributed by atoms with E-state index in [1.165, 1.54) is 5.56 Å². The van der Waals surface area contributed by atoms with Crippen LogP contribution >= 0.6 is 0 Å². The third kappa shape index (κ3) is 2.81. The molecule has 1 aromatic carbocycles. The molecule has 1 aliphatic rings. The van der Waals surface area contributed by atoms with E-state index in [9.17, 15) is 4.79 Å². The summed E-state index contributed by atoms with van der Waals surface area (Å²) < 4.78 is 0. The molecule has 2 heteroatoms. The van der Waals surface area contributed by atoms with E-state index in [1.807, 2.05) is 25.3 Å². The molecule has 0 spiro atoms. The van der Waals surface area contributed by atoms with Crippen molar-refractivity contribution in [3.8, 4) is 0 Å². The lowest BCUT2D eigenvalue weighted by Gasteiger charge is -2.19. The molecule has 1 fully saturated rings. The quantitative estimate of drug-likeness (QED) is 0.815. The Morgan fingerprint density at radius 2 is 2.17 bits per heavy atom. The molecule has 1 aliphatic carbocycles. The number of hydrogen-bond acceptors (Lipinski definition) is 2. The zero-order chi connectivity index (χ0) is 13.0. The summed E-state index contributed by atoms with van der Waals surface area (Å²) >= 11 is 0. The average molecular weight is 243 g/mol. The molecule has 0 aromatic heterocycles. The first kappa shape index (κ1) is 12.9. The van der Waals surface area contributed by atoms with Crippen molar-refractivity contribution in [2.45, 2.75) is 39.5 Å². The Bertz CT molecular complexity index is 462. The van der Waals surface area contributed by atoms with Crippen molar-refractivity contribution < 1.29 is 4.79 Å². The maximum absolute atomic E-state index is 12.0. The highest BCUT2D eigenvalue weighted by atomic mass is 16.1. The van der Waals surface area contributed by atoms with Gasteiger partial charge >= 0.3 is 0 Å². The summed E-state index contributed by atoms with van der Waals surface area (Å²) in [5.74, 6) is 0.496. The van der Waals surface area contributed by atoms with Gasteiger partial charge in [-0.1, -0.05) is 32.0 Å². The van der Waals surface area contributed by atoms with Crippen LogP contribution in [0.2, 0.25) is 0 Å². The molecule has 2 nitrogen and oxygen atoms in total. The molecule has 0 heterocycles. The van der Waals surface area contributed by atoms with Crippen molar-refractivity contribution in [2.24, 2.45) is 5.92 Å². The van der Waals surface area contributed by atoms with E-state index >= 15 is 0 Å². The normalized spacial score (nSPS) is 22.2. The number of carbonyl (C=O) groups is 1. The van der Waals surface area contributed by atoms with Crippen molar-refractivity contribution in [1.29, 1.82) is 0 Å². The summed E-state index contributed by atoms with van der Waals surface area (Å²) in [5, 5.41) is 3.30. The fourth-order valence-electron chi connectivity index (χ4n) is 2.45. The molecule has 1 N–H and O–H groups in total. The number of rotatable bonds is 3. The number of ketones is 1. The summed E-state index contributed by atoms with van der Waals surface area (Å²) in [6.45, 7) is 4.16. The topological polar surface area (TPSA) is 29.1 Å². The van der Waals surface area contributed by atoms with Crippen LogP contribution < -0.4 is 5.32 Å². The maximum Gasteiger partial charge on any atom is 0.163 e. The Hall–Kier alpha value is -1.57. The van der Waals surface area contributed by atoms with Gasteiger partial charge in [0.2, 0.25) is 0 Å². The molecule has 96 valence electrons. The highest BCUT2D eigenvalue weighted by Crippen LogP contribution is 2.25. The van der Waals surface area contributed by atoms with Gasteiger partial charge in [0.05, 0.1) is 0 Å². The number of allylic oxidation sites excluding steroid dienone is 1. The van der Waals surface area contributed by atoms with Crippen molar-refractivity contribution in [1.82, 2.24) is 0 Å². The van der Waals surface area contributed by atoms with Crippen molar-refractivity contribution >= 4 is 11.5 Å². The van der Waals surface area contributed by atoms with Crippen LogP contribution in [0.5, 0.6) is 0 Å². The Balaban J connectivity index is 2.12. The van der Waals surface area contributed by atoms with Crippen LogP contribution in [0.4, 0.5) is 5.69 Å². The molecule has 2 rings (SSSR count). The number of benzene rings is 1. The lowest BCUT2D eigenvalue weighted by molar-refractivity contribution is -0.119. The molecule has 0 bridgehead atoms. The van der Waals surface area contributed by atoms with Gasteiger partial charge < -0.3 is 5.32 Å². The van der Waals surface area contributed by atoms with Gasteiger partial charge in [-0.2, -0.15) is 0 Å². The van der Waals surface area contributed by atoms with Gasteiger partial charge in [-0.25, -0.2) is 0 Å². The van der Waals surface area contributed by atoms with Gasteiger partial charge in [0.15, 0.2) is 5.78 Å². The molecule has 0 unspecified atom stereocenters. The molecular weight excluding hydrogens is 222 g/mol. The highest BCUT2D eigenvalue weighted by molar-refractivity contribution is 5.97. The van der Waals surface area contributed by atoms with Gasteiger partial charge in [-0.3, -0.25) is 4.79 Å². The Morgan fingerprint density at radius 3 is 2.94 bits per heavy atom. The fraction of sp³-hybridized carbons (Fsp3) is 0.438. The summed E-state index contributed by atoms with van der Waals surface area (Å²) in [6.07, 6.45) is 5.96. The summed E-state index contributed by atoms with van der Waals surface area (Å²) in [7, 11) is 0. The SMILES string of the molecule is CCc1ccccc1N/C=C1/CCC[C@@H](C)C1=O. The third-order valence-corrected chi connectivity index (χ3v) is 3.65. The number of nitrogens with one attached hydrogen (secondary N) is 1. The molecule has 0 amide bonds. The van der Waals surface area contributed by atoms with Gasteiger partial charge in [0, 0.05) is 23.4 Å². The van der Waals surface area contributed by atoms with Gasteiger partial charge in [0.1, 0.15) is 0 Å². The zero-order valence-electron chi connectivity index (χ0n) is 11.2. The second-order valence-electron chi connectivity index (χ2n) is 4.98. The van der Waals surface area contributed by atoms with Crippen LogP contribution in [0.3, 0.4) is 0 Å². The Labute approximate surface area is 109 Å². The average Bonchev–Trinajstić information content (AvgIpc) is 2.41. The van der Waals surface area contributed by atoms with Crippen LogP contribution in [0.1, 0.15) is 38.7 Å². The summed E-state index contributed by atoms with van der Waals surface area (Å²) in [5.41, 5.74) is 3.34. The number of para-hydroxylation sites is 1. The summed E-state index contributed by atoms with van der Waals surface area (Å²) in [4.78, 5) is 12.0. The minimum Gasteiger partial charge on any atom is -0.361 e. The van der Waals surface area contributed by atoms with E-state index in [1.54, 1.807) is 0 Å². The molecular formula is C16H21NO. The second-order valence-corrected chi connectivity index (χ2v) is 4.98. The third-order valence-electron chi connectivity index (χ3n) is 3.65. The predicted octanol–water partition coefficient (Wildman–Crippen LogP) is 3.93. The molecule has 1 saturated carbocycles. The van der Waals surface area contributed by atoms with E-state index in [0.29, 0.717) is 5.78 Å². The van der Waals surface area contributed by atoms with E-state index in [-0.39, 0.29) is 5.92 Å². The molecule has 0 radical (unpaired) electrons. The van der Waals surface area contributed by atoms with Gasteiger partial charge in [-0.05, 0) is 37.3 Å². The molecule has 1 atom stereocenters. The lowest BCUT2D eigenvalue weighted by atomic mass is 9.86. The van der Waals surface area contributed by atoms with Crippen LogP contribution in [0.25, 0.3) is 0 Å².